The maximum absolute atomic E-state index is 9.94. The van der Waals surface area contributed by atoms with E-state index in [-0.39, 0.29) is 34.5 Å². The first-order valence-electron chi connectivity index (χ1n) is 7.14. The normalized spacial score (nSPS) is 10.5. The van der Waals surface area contributed by atoms with E-state index in [2.05, 4.69) is 0 Å². The highest BCUT2D eigenvalue weighted by Crippen LogP contribution is 2.39. The summed E-state index contributed by atoms with van der Waals surface area (Å²) in [5, 5.41) is 39.2. The van der Waals surface area contributed by atoms with E-state index in [4.69, 9.17) is 9.47 Å². The lowest BCUT2D eigenvalue weighted by atomic mass is 10.0. The van der Waals surface area contributed by atoms with Crippen LogP contribution in [0.2, 0.25) is 0 Å². The molecule has 0 saturated heterocycles. The van der Waals surface area contributed by atoms with Gasteiger partial charge in [0.2, 0.25) is 11.5 Å². The number of rotatable bonds is 6. The average Bonchev–Trinajstić information content (AvgIpc) is 2.51. The zero-order valence-corrected chi connectivity index (χ0v) is 13.0. The van der Waals surface area contributed by atoms with Crippen molar-refractivity contribution in [3.8, 4) is 34.5 Å². The van der Waals surface area contributed by atoms with Crippen LogP contribution in [0.5, 0.6) is 34.5 Å². The van der Waals surface area contributed by atoms with Crippen molar-refractivity contribution < 1.29 is 29.9 Å². The molecule has 0 bridgehead atoms. The largest absolute Gasteiger partial charge is 0.504 e. The highest BCUT2D eigenvalue weighted by atomic mass is 16.5. The van der Waals surface area contributed by atoms with Crippen molar-refractivity contribution in [2.24, 2.45) is 0 Å². The quantitative estimate of drug-likeness (QED) is 0.611. The van der Waals surface area contributed by atoms with Gasteiger partial charge in [-0.05, 0) is 48.6 Å². The third kappa shape index (κ3) is 3.53. The standard InChI is InChI=1S/C17H20O6/c1-22-14-7-6-11(15(20)16(14)21)5-3-4-10-8-12(18)17(23-2)13(19)9-10/h6-9,18-21H,3-5H2,1-2H3. The van der Waals surface area contributed by atoms with Gasteiger partial charge in [-0.15, -0.1) is 0 Å². The number of benzene rings is 2. The number of ether oxygens (including phenoxy) is 2. The van der Waals surface area contributed by atoms with Gasteiger partial charge in [0.15, 0.2) is 23.0 Å². The second kappa shape index (κ2) is 7.00. The van der Waals surface area contributed by atoms with Gasteiger partial charge in [0.05, 0.1) is 14.2 Å². The lowest BCUT2D eigenvalue weighted by Gasteiger charge is -2.11. The summed E-state index contributed by atoms with van der Waals surface area (Å²) in [6, 6.07) is 6.35. The molecule has 0 radical (unpaired) electrons. The lowest BCUT2D eigenvalue weighted by Crippen LogP contribution is -1.93. The van der Waals surface area contributed by atoms with Crippen molar-refractivity contribution in [3.63, 3.8) is 0 Å². The van der Waals surface area contributed by atoms with Crippen LogP contribution in [0.15, 0.2) is 24.3 Å². The van der Waals surface area contributed by atoms with E-state index < -0.39 is 0 Å². The number of phenolic OH excluding ortho intramolecular Hbond substituents is 4. The minimum atomic E-state index is -0.273. The molecule has 124 valence electrons. The van der Waals surface area contributed by atoms with Gasteiger partial charge >= 0.3 is 0 Å². The second-order valence-electron chi connectivity index (χ2n) is 5.15. The molecule has 0 fully saturated rings. The summed E-state index contributed by atoms with van der Waals surface area (Å²) < 4.78 is 9.81. The molecule has 0 amide bonds. The fraction of sp³-hybridized carbons (Fsp3) is 0.294. The number of aromatic hydroxyl groups is 4. The lowest BCUT2D eigenvalue weighted by molar-refractivity contribution is 0.344. The summed E-state index contributed by atoms with van der Waals surface area (Å²) in [5.41, 5.74) is 1.35. The topological polar surface area (TPSA) is 99.4 Å². The Morgan fingerprint density at radius 2 is 1.48 bits per heavy atom. The molecule has 0 spiro atoms. The molecule has 0 atom stereocenters. The molecule has 0 aliphatic rings. The van der Waals surface area contributed by atoms with Gasteiger partial charge in [-0.3, -0.25) is 0 Å². The first-order valence-corrected chi connectivity index (χ1v) is 7.14. The third-order valence-electron chi connectivity index (χ3n) is 3.64. The van der Waals surface area contributed by atoms with Crippen LogP contribution in [0.25, 0.3) is 0 Å². The highest BCUT2D eigenvalue weighted by molar-refractivity contribution is 5.54. The minimum Gasteiger partial charge on any atom is -0.504 e. The molecule has 23 heavy (non-hydrogen) atoms. The van der Waals surface area contributed by atoms with Crippen molar-refractivity contribution in [2.45, 2.75) is 19.3 Å². The van der Waals surface area contributed by atoms with E-state index in [9.17, 15) is 20.4 Å². The highest BCUT2D eigenvalue weighted by Gasteiger charge is 2.13. The number of methoxy groups -OCH3 is 2. The summed E-state index contributed by atoms with van der Waals surface area (Å²) >= 11 is 0. The summed E-state index contributed by atoms with van der Waals surface area (Å²) in [7, 11) is 2.78. The molecule has 6 heteroatoms. The zero-order chi connectivity index (χ0) is 17.0. The SMILES string of the molecule is COc1ccc(CCCc2cc(O)c(OC)c(O)c2)c(O)c1O. The maximum atomic E-state index is 9.94. The Morgan fingerprint density at radius 3 is 2.04 bits per heavy atom. The predicted molar refractivity (Wildman–Crippen MR) is 84.7 cm³/mol. The molecule has 4 N–H and O–H groups in total. The van der Waals surface area contributed by atoms with Crippen molar-refractivity contribution in [1.29, 1.82) is 0 Å². The van der Waals surface area contributed by atoms with Crippen molar-refractivity contribution in [1.82, 2.24) is 0 Å². The molecular weight excluding hydrogens is 300 g/mol. The Morgan fingerprint density at radius 1 is 0.826 bits per heavy atom. The molecule has 0 aliphatic carbocycles. The van der Waals surface area contributed by atoms with Crippen LogP contribution in [0.1, 0.15) is 17.5 Å². The summed E-state index contributed by atoms with van der Waals surface area (Å²) in [6.45, 7) is 0. The molecule has 2 aromatic rings. The van der Waals surface area contributed by atoms with Gasteiger partial charge in [0.25, 0.3) is 0 Å². The zero-order valence-electron chi connectivity index (χ0n) is 13.0. The van der Waals surface area contributed by atoms with Crippen LogP contribution < -0.4 is 9.47 Å². The number of phenols is 4. The molecule has 0 heterocycles. The van der Waals surface area contributed by atoms with Crippen LogP contribution in [0.4, 0.5) is 0 Å². The van der Waals surface area contributed by atoms with E-state index >= 15 is 0 Å². The first kappa shape index (κ1) is 16.6. The van der Waals surface area contributed by atoms with E-state index in [1.807, 2.05) is 0 Å². The van der Waals surface area contributed by atoms with Gasteiger partial charge in [0, 0.05) is 0 Å². The van der Waals surface area contributed by atoms with E-state index in [0.717, 1.165) is 5.56 Å². The van der Waals surface area contributed by atoms with Crippen molar-refractivity contribution in [3.05, 3.63) is 35.4 Å². The van der Waals surface area contributed by atoms with Gasteiger partial charge < -0.3 is 29.9 Å². The fourth-order valence-corrected chi connectivity index (χ4v) is 2.46. The monoisotopic (exact) mass is 320 g/mol. The molecule has 0 unspecified atom stereocenters. The summed E-state index contributed by atoms with van der Waals surface area (Å²) in [6.07, 6.45) is 1.76. The Labute approximate surface area is 134 Å². The number of hydrogen-bond donors (Lipinski definition) is 4. The van der Waals surface area contributed by atoms with E-state index in [1.54, 1.807) is 12.1 Å². The van der Waals surface area contributed by atoms with Crippen LogP contribution >= 0.6 is 0 Å². The molecule has 6 nitrogen and oxygen atoms in total. The van der Waals surface area contributed by atoms with Crippen LogP contribution in [0.3, 0.4) is 0 Å². The van der Waals surface area contributed by atoms with Crippen LogP contribution in [0, 0.1) is 0 Å². The predicted octanol–water partition coefficient (Wildman–Crippen LogP) is 2.70. The smallest absolute Gasteiger partial charge is 0.202 e. The van der Waals surface area contributed by atoms with E-state index in [0.29, 0.717) is 24.8 Å². The average molecular weight is 320 g/mol. The van der Waals surface area contributed by atoms with Gasteiger partial charge in [-0.2, -0.15) is 0 Å². The molecule has 2 rings (SSSR count). The Kier molecular flexibility index (Phi) is 5.05. The summed E-state index contributed by atoms with van der Waals surface area (Å²) in [4.78, 5) is 0. The Hall–Kier alpha value is -2.76. The molecule has 0 aliphatic heterocycles. The molecule has 0 saturated carbocycles. The van der Waals surface area contributed by atoms with Crippen LogP contribution in [-0.4, -0.2) is 34.6 Å². The molecule has 0 aromatic heterocycles. The third-order valence-corrected chi connectivity index (χ3v) is 3.64. The van der Waals surface area contributed by atoms with Gasteiger partial charge in [-0.25, -0.2) is 0 Å². The van der Waals surface area contributed by atoms with Gasteiger partial charge in [-0.1, -0.05) is 6.07 Å². The Balaban J connectivity index is 2.05. The van der Waals surface area contributed by atoms with Gasteiger partial charge in [0.1, 0.15) is 0 Å². The van der Waals surface area contributed by atoms with Crippen molar-refractivity contribution in [2.75, 3.05) is 14.2 Å². The van der Waals surface area contributed by atoms with E-state index in [1.165, 1.54) is 26.4 Å². The number of aryl methyl sites for hydroxylation is 2. The molecule has 2 aromatic carbocycles. The van der Waals surface area contributed by atoms with Crippen molar-refractivity contribution >= 4 is 0 Å². The fourth-order valence-electron chi connectivity index (χ4n) is 2.46. The first-order chi connectivity index (χ1) is 11.0. The second-order valence-corrected chi connectivity index (χ2v) is 5.15. The number of hydrogen-bond acceptors (Lipinski definition) is 6. The molecular formula is C17H20O6. The van der Waals surface area contributed by atoms with Crippen LogP contribution in [-0.2, 0) is 12.8 Å². The Bertz CT molecular complexity index is 673. The summed E-state index contributed by atoms with van der Waals surface area (Å²) in [5.74, 6) is -0.433. The minimum absolute atomic E-state index is 0.0477. The maximum Gasteiger partial charge on any atom is 0.202 e.